The summed E-state index contributed by atoms with van der Waals surface area (Å²) in [7, 11) is 0. The average Bonchev–Trinajstić information content (AvgIpc) is 2.34. The molecule has 18 heavy (non-hydrogen) atoms. The van der Waals surface area contributed by atoms with Crippen molar-refractivity contribution in [2.45, 2.75) is 6.92 Å². The van der Waals surface area contributed by atoms with Crippen molar-refractivity contribution in [1.82, 2.24) is 9.97 Å². The first-order valence-electron chi connectivity index (χ1n) is 5.12. The second kappa shape index (κ2) is 5.46. The Balaban J connectivity index is 2.27. The molecule has 1 amide bonds. The van der Waals surface area contributed by atoms with Gasteiger partial charge in [-0.2, -0.15) is 0 Å². The highest BCUT2D eigenvalue weighted by Gasteiger charge is 2.11. The van der Waals surface area contributed by atoms with Gasteiger partial charge in [-0.05, 0) is 46.6 Å². The SMILES string of the molecule is Cc1ccnc(Cl)c1NC(=O)c1ccnc(Br)c1. The summed E-state index contributed by atoms with van der Waals surface area (Å²) >= 11 is 9.16. The average molecular weight is 327 g/mol. The van der Waals surface area contributed by atoms with E-state index in [1.165, 1.54) is 0 Å². The number of hydrogen-bond donors (Lipinski definition) is 1. The van der Waals surface area contributed by atoms with Crippen molar-refractivity contribution in [3.8, 4) is 0 Å². The van der Waals surface area contributed by atoms with Crippen LogP contribution in [0, 0.1) is 6.92 Å². The number of amides is 1. The third-order valence-electron chi connectivity index (χ3n) is 2.34. The fraction of sp³-hybridized carbons (Fsp3) is 0.0833. The number of halogens is 2. The Kier molecular flexibility index (Phi) is 3.93. The molecular weight excluding hydrogens is 318 g/mol. The second-order valence-electron chi connectivity index (χ2n) is 3.62. The Morgan fingerprint density at radius 1 is 1.33 bits per heavy atom. The Hall–Kier alpha value is -1.46. The van der Waals surface area contributed by atoms with Gasteiger partial charge in [-0.25, -0.2) is 9.97 Å². The minimum Gasteiger partial charge on any atom is -0.319 e. The molecule has 0 atom stereocenters. The molecule has 0 saturated heterocycles. The van der Waals surface area contributed by atoms with E-state index in [1.807, 2.05) is 6.92 Å². The molecule has 2 aromatic rings. The molecule has 92 valence electrons. The van der Waals surface area contributed by atoms with Crippen molar-refractivity contribution < 1.29 is 4.79 Å². The number of carbonyl (C=O) groups is 1. The predicted molar refractivity (Wildman–Crippen MR) is 73.9 cm³/mol. The summed E-state index contributed by atoms with van der Waals surface area (Å²) in [5, 5.41) is 3.01. The molecule has 4 nitrogen and oxygen atoms in total. The molecule has 0 fully saturated rings. The summed E-state index contributed by atoms with van der Waals surface area (Å²) in [5.74, 6) is -0.254. The summed E-state index contributed by atoms with van der Waals surface area (Å²) in [6, 6.07) is 5.04. The number of hydrogen-bond acceptors (Lipinski definition) is 3. The van der Waals surface area contributed by atoms with E-state index in [4.69, 9.17) is 11.6 Å². The van der Waals surface area contributed by atoms with E-state index < -0.39 is 0 Å². The number of pyridine rings is 2. The van der Waals surface area contributed by atoms with Crippen molar-refractivity contribution in [1.29, 1.82) is 0 Å². The number of anilines is 1. The van der Waals surface area contributed by atoms with Gasteiger partial charge < -0.3 is 5.32 Å². The maximum absolute atomic E-state index is 12.0. The maximum Gasteiger partial charge on any atom is 0.255 e. The smallest absolute Gasteiger partial charge is 0.255 e. The van der Waals surface area contributed by atoms with Gasteiger partial charge in [0.1, 0.15) is 4.60 Å². The van der Waals surface area contributed by atoms with Crippen molar-refractivity contribution in [3.05, 3.63) is 51.5 Å². The Morgan fingerprint density at radius 3 is 2.72 bits per heavy atom. The predicted octanol–water partition coefficient (Wildman–Crippen LogP) is 3.45. The van der Waals surface area contributed by atoms with Crippen LogP contribution in [0.5, 0.6) is 0 Å². The molecule has 0 spiro atoms. The molecule has 0 aliphatic rings. The zero-order valence-electron chi connectivity index (χ0n) is 9.45. The van der Waals surface area contributed by atoms with Gasteiger partial charge in [0.2, 0.25) is 0 Å². The molecule has 0 unspecified atom stereocenters. The highest BCUT2D eigenvalue weighted by Crippen LogP contribution is 2.23. The van der Waals surface area contributed by atoms with E-state index in [9.17, 15) is 4.79 Å². The number of carbonyl (C=O) groups excluding carboxylic acids is 1. The molecule has 0 bridgehead atoms. The highest BCUT2D eigenvalue weighted by molar-refractivity contribution is 9.10. The van der Waals surface area contributed by atoms with Crippen LogP contribution >= 0.6 is 27.5 Å². The fourth-order valence-electron chi connectivity index (χ4n) is 1.40. The lowest BCUT2D eigenvalue weighted by Crippen LogP contribution is -2.13. The van der Waals surface area contributed by atoms with Crippen LogP contribution in [0.15, 0.2) is 35.2 Å². The van der Waals surface area contributed by atoms with Gasteiger partial charge in [-0.1, -0.05) is 11.6 Å². The minimum absolute atomic E-state index is 0.254. The van der Waals surface area contributed by atoms with Gasteiger partial charge in [-0.15, -0.1) is 0 Å². The summed E-state index contributed by atoms with van der Waals surface area (Å²) in [6.45, 7) is 1.85. The van der Waals surface area contributed by atoms with Crippen molar-refractivity contribution in [2.24, 2.45) is 0 Å². The molecule has 1 N–H and O–H groups in total. The number of nitrogens with zero attached hydrogens (tertiary/aromatic N) is 2. The van der Waals surface area contributed by atoms with Crippen LogP contribution in [0.1, 0.15) is 15.9 Å². The lowest BCUT2D eigenvalue weighted by Gasteiger charge is -2.09. The quantitative estimate of drug-likeness (QED) is 0.860. The molecule has 0 saturated carbocycles. The summed E-state index contributed by atoms with van der Waals surface area (Å²) in [4.78, 5) is 19.9. The third-order valence-corrected chi connectivity index (χ3v) is 3.06. The van der Waals surface area contributed by atoms with Crippen LogP contribution < -0.4 is 5.32 Å². The van der Waals surface area contributed by atoms with Gasteiger partial charge in [0.25, 0.3) is 5.91 Å². The number of aryl methyl sites for hydroxylation is 1. The molecule has 0 aromatic carbocycles. The van der Waals surface area contributed by atoms with Crippen LogP contribution in [-0.4, -0.2) is 15.9 Å². The zero-order chi connectivity index (χ0) is 13.1. The van der Waals surface area contributed by atoms with E-state index in [0.29, 0.717) is 15.9 Å². The van der Waals surface area contributed by atoms with Crippen LogP contribution in [0.2, 0.25) is 5.15 Å². The van der Waals surface area contributed by atoms with Crippen LogP contribution in [0.25, 0.3) is 0 Å². The maximum atomic E-state index is 12.0. The molecule has 2 aromatic heterocycles. The van der Waals surface area contributed by atoms with Crippen molar-refractivity contribution in [3.63, 3.8) is 0 Å². The molecule has 0 aliphatic heterocycles. The summed E-state index contributed by atoms with van der Waals surface area (Å²) in [6.07, 6.45) is 3.15. The first-order chi connectivity index (χ1) is 8.58. The summed E-state index contributed by atoms with van der Waals surface area (Å²) in [5.41, 5.74) is 1.88. The van der Waals surface area contributed by atoms with E-state index in [2.05, 4.69) is 31.2 Å². The van der Waals surface area contributed by atoms with Gasteiger partial charge in [0, 0.05) is 18.0 Å². The lowest BCUT2D eigenvalue weighted by molar-refractivity contribution is 0.102. The van der Waals surface area contributed by atoms with E-state index in [0.717, 1.165) is 5.56 Å². The normalized spacial score (nSPS) is 10.2. The van der Waals surface area contributed by atoms with Crippen LogP contribution in [-0.2, 0) is 0 Å². The molecular formula is C12H9BrClN3O. The fourth-order valence-corrected chi connectivity index (χ4v) is 2.02. The monoisotopic (exact) mass is 325 g/mol. The zero-order valence-corrected chi connectivity index (χ0v) is 11.8. The standard InChI is InChI=1S/C12H9BrClN3O/c1-7-2-4-16-11(14)10(7)17-12(18)8-3-5-15-9(13)6-8/h2-6H,1H3,(H,17,18). The van der Waals surface area contributed by atoms with Gasteiger partial charge >= 0.3 is 0 Å². The molecule has 0 radical (unpaired) electrons. The van der Waals surface area contributed by atoms with Crippen LogP contribution in [0.3, 0.4) is 0 Å². The molecule has 6 heteroatoms. The first kappa shape index (κ1) is 13.0. The second-order valence-corrected chi connectivity index (χ2v) is 4.79. The van der Waals surface area contributed by atoms with E-state index >= 15 is 0 Å². The molecule has 2 rings (SSSR count). The summed E-state index contributed by atoms with van der Waals surface area (Å²) < 4.78 is 0.601. The Morgan fingerprint density at radius 2 is 2.06 bits per heavy atom. The van der Waals surface area contributed by atoms with Gasteiger partial charge in [0.15, 0.2) is 5.15 Å². The topological polar surface area (TPSA) is 54.9 Å². The molecule has 2 heterocycles. The van der Waals surface area contributed by atoms with Crippen LogP contribution in [0.4, 0.5) is 5.69 Å². The van der Waals surface area contributed by atoms with Crippen molar-refractivity contribution >= 4 is 39.1 Å². The minimum atomic E-state index is -0.254. The first-order valence-corrected chi connectivity index (χ1v) is 6.29. The van der Waals surface area contributed by atoms with Gasteiger partial charge in [-0.3, -0.25) is 4.79 Å². The van der Waals surface area contributed by atoms with Gasteiger partial charge in [0.05, 0.1) is 5.69 Å². The van der Waals surface area contributed by atoms with E-state index in [-0.39, 0.29) is 11.1 Å². The van der Waals surface area contributed by atoms with Crippen molar-refractivity contribution in [2.75, 3.05) is 5.32 Å². The van der Waals surface area contributed by atoms with E-state index in [1.54, 1.807) is 30.6 Å². The number of rotatable bonds is 2. The lowest BCUT2D eigenvalue weighted by atomic mass is 10.2. The Labute approximate surface area is 118 Å². The number of aromatic nitrogens is 2. The third kappa shape index (κ3) is 2.86. The highest BCUT2D eigenvalue weighted by atomic mass is 79.9. The largest absolute Gasteiger partial charge is 0.319 e. The Bertz CT molecular complexity index is 583. The number of nitrogens with one attached hydrogen (secondary N) is 1. The molecule has 0 aliphatic carbocycles.